The average molecular weight is 375 g/mol. The Labute approximate surface area is 156 Å². The van der Waals surface area contributed by atoms with E-state index < -0.39 is 23.8 Å². The predicted octanol–water partition coefficient (Wildman–Crippen LogP) is 0.687. The van der Waals surface area contributed by atoms with E-state index in [0.717, 1.165) is 36.1 Å². The second kappa shape index (κ2) is 8.39. The van der Waals surface area contributed by atoms with Crippen molar-refractivity contribution in [2.75, 3.05) is 6.54 Å². The van der Waals surface area contributed by atoms with Crippen LogP contribution in [-0.2, 0) is 16.0 Å². The first-order chi connectivity index (χ1) is 13.0. The molecule has 144 valence electrons. The van der Waals surface area contributed by atoms with E-state index in [1.807, 2.05) is 0 Å². The first-order valence-electron chi connectivity index (χ1n) is 9.22. The van der Waals surface area contributed by atoms with Crippen molar-refractivity contribution >= 4 is 24.1 Å². The van der Waals surface area contributed by atoms with E-state index in [1.165, 1.54) is 18.3 Å². The molecule has 0 radical (unpaired) electrons. The summed E-state index contributed by atoms with van der Waals surface area (Å²) in [6.45, 7) is 0.106. The Balaban J connectivity index is 1.66. The van der Waals surface area contributed by atoms with Gasteiger partial charge in [-0.1, -0.05) is 18.6 Å². The summed E-state index contributed by atoms with van der Waals surface area (Å²) in [7, 11) is 0. The summed E-state index contributed by atoms with van der Waals surface area (Å²) >= 11 is 0. The number of rotatable bonds is 5. The van der Waals surface area contributed by atoms with Crippen LogP contribution in [0, 0.1) is 11.7 Å². The van der Waals surface area contributed by atoms with Gasteiger partial charge in [-0.25, -0.2) is 9.18 Å². The fraction of sp³-hybridized carbons (Fsp3) is 0.474. The number of imide groups is 2. The first kappa shape index (κ1) is 19.2. The number of carbonyl (C=O) groups excluding carboxylic acids is 3. The summed E-state index contributed by atoms with van der Waals surface area (Å²) in [5.41, 5.74) is 4.88. The monoisotopic (exact) mass is 375 g/mol. The third kappa shape index (κ3) is 4.57. The molecule has 3 rings (SSSR count). The SMILES string of the molecule is [NH3+][C@H]1CCCC[C@@H]1N=C[C@@H]1C(=O)NC(=O)N(CCc2ccc(F)cc2)C1=O. The highest BCUT2D eigenvalue weighted by Crippen LogP contribution is 2.19. The van der Waals surface area contributed by atoms with Gasteiger partial charge in [-0.2, -0.15) is 0 Å². The Kier molecular flexibility index (Phi) is 5.95. The van der Waals surface area contributed by atoms with Gasteiger partial charge in [0, 0.05) is 19.2 Å². The van der Waals surface area contributed by atoms with Crippen LogP contribution in [0.3, 0.4) is 0 Å². The number of hydrogen-bond acceptors (Lipinski definition) is 4. The zero-order valence-electron chi connectivity index (χ0n) is 15.1. The summed E-state index contributed by atoms with van der Waals surface area (Å²) < 4.78 is 13.0. The lowest BCUT2D eigenvalue weighted by Crippen LogP contribution is -2.66. The number of hydrogen-bond donors (Lipinski definition) is 2. The average Bonchev–Trinajstić information content (AvgIpc) is 2.64. The van der Waals surface area contributed by atoms with Gasteiger partial charge in [0.25, 0.3) is 0 Å². The molecule has 4 N–H and O–H groups in total. The van der Waals surface area contributed by atoms with Crippen molar-refractivity contribution in [2.45, 2.75) is 44.2 Å². The Morgan fingerprint density at radius 2 is 1.89 bits per heavy atom. The second-order valence-corrected chi connectivity index (χ2v) is 7.05. The summed E-state index contributed by atoms with van der Waals surface area (Å²) in [4.78, 5) is 42.2. The summed E-state index contributed by atoms with van der Waals surface area (Å²) in [5, 5.41) is 2.21. The molecular formula is C19H24FN4O3+. The fourth-order valence-corrected chi connectivity index (χ4v) is 3.45. The maximum atomic E-state index is 13.0. The van der Waals surface area contributed by atoms with Crippen molar-refractivity contribution in [2.24, 2.45) is 10.9 Å². The smallest absolute Gasteiger partial charge is 0.330 e. The van der Waals surface area contributed by atoms with Crippen LogP contribution in [0.4, 0.5) is 9.18 Å². The number of quaternary nitrogens is 1. The van der Waals surface area contributed by atoms with Gasteiger partial charge >= 0.3 is 6.03 Å². The van der Waals surface area contributed by atoms with Gasteiger partial charge in [0.15, 0.2) is 5.92 Å². The van der Waals surface area contributed by atoms with E-state index in [2.05, 4.69) is 16.0 Å². The molecule has 1 saturated heterocycles. The molecule has 8 heteroatoms. The highest BCUT2D eigenvalue weighted by atomic mass is 19.1. The molecule has 2 fully saturated rings. The quantitative estimate of drug-likeness (QED) is 0.584. The summed E-state index contributed by atoms with van der Waals surface area (Å²) in [6.07, 6.45) is 5.79. The number of benzene rings is 1. The van der Waals surface area contributed by atoms with Crippen LogP contribution in [0.2, 0.25) is 0 Å². The molecule has 0 spiro atoms. The first-order valence-corrected chi connectivity index (χ1v) is 9.22. The lowest BCUT2D eigenvalue weighted by Gasteiger charge is -2.29. The van der Waals surface area contributed by atoms with Crippen molar-refractivity contribution in [3.05, 3.63) is 35.6 Å². The summed E-state index contributed by atoms with van der Waals surface area (Å²) in [5.74, 6) is -2.68. The fourth-order valence-electron chi connectivity index (χ4n) is 3.45. The van der Waals surface area contributed by atoms with Gasteiger partial charge in [-0.15, -0.1) is 0 Å². The number of amides is 4. The van der Waals surface area contributed by atoms with Crippen molar-refractivity contribution < 1.29 is 24.5 Å². The third-order valence-electron chi connectivity index (χ3n) is 5.12. The molecule has 0 bridgehead atoms. The largest absolute Gasteiger partial charge is 0.353 e. The van der Waals surface area contributed by atoms with Gasteiger partial charge in [-0.05, 0) is 37.0 Å². The van der Waals surface area contributed by atoms with Crippen LogP contribution in [0.5, 0.6) is 0 Å². The highest BCUT2D eigenvalue weighted by Gasteiger charge is 2.39. The van der Waals surface area contributed by atoms with Crippen molar-refractivity contribution in [3.8, 4) is 0 Å². The van der Waals surface area contributed by atoms with Gasteiger partial charge in [0.05, 0.1) is 0 Å². The van der Waals surface area contributed by atoms with Crippen LogP contribution in [0.15, 0.2) is 29.3 Å². The lowest BCUT2D eigenvalue weighted by molar-refractivity contribution is -0.428. The van der Waals surface area contributed by atoms with E-state index in [9.17, 15) is 18.8 Å². The van der Waals surface area contributed by atoms with Crippen molar-refractivity contribution in [1.29, 1.82) is 0 Å². The number of halogens is 1. The van der Waals surface area contributed by atoms with Crippen LogP contribution in [0.25, 0.3) is 0 Å². The predicted molar refractivity (Wildman–Crippen MR) is 96.3 cm³/mol. The third-order valence-corrected chi connectivity index (χ3v) is 5.12. The molecule has 0 aromatic heterocycles. The number of nitrogens with zero attached hydrogens (tertiary/aromatic N) is 2. The molecule has 1 aliphatic heterocycles. The van der Waals surface area contributed by atoms with Gasteiger partial charge in [0.2, 0.25) is 11.8 Å². The molecule has 27 heavy (non-hydrogen) atoms. The van der Waals surface area contributed by atoms with E-state index >= 15 is 0 Å². The zero-order chi connectivity index (χ0) is 19.4. The Hall–Kier alpha value is -2.61. The minimum Gasteiger partial charge on any atom is -0.353 e. The molecule has 1 heterocycles. The maximum absolute atomic E-state index is 13.0. The molecular weight excluding hydrogens is 351 g/mol. The Bertz CT molecular complexity index is 750. The number of aliphatic imine (C=N–C) groups is 1. The maximum Gasteiger partial charge on any atom is 0.330 e. The van der Waals surface area contributed by atoms with Gasteiger partial charge in [0.1, 0.15) is 17.9 Å². The Morgan fingerprint density at radius 3 is 2.59 bits per heavy atom. The minimum atomic E-state index is -1.11. The Morgan fingerprint density at radius 1 is 1.19 bits per heavy atom. The van der Waals surface area contributed by atoms with E-state index in [1.54, 1.807) is 12.1 Å². The number of nitrogens with one attached hydrogen (secondary N) is 1. The van der Waals surface area contributed by atoms with E-state index in [0.29, 0.717) is 6.42 Å². The van der Waals surface area contributed by atoms with Crippen LogP contribution >= 0.6 is 0 Å². The summed E-state index contributed by atoms with van der Waals surface area (Å²) in [6, 6.07) is 5.30. The molecule has 4 amide bonds. The lowest BCUT2D eigenvalue weighted by atomic mass is 9.91. The normalized spacial score (nSPS) is 26.5. The molecule has 1 aromatic carbocycles. The molecule has 1 aromatic rings. The minimum absolute atomic E-state index is 0.00430. The molecule has 1 saturated carbocycles. The standard InChI is InChI=1S/C19H23FN4O3/c20-13-7-5-12(6-8-13)9-10-24-18(26)14(17(25)23-19(24)27)11-22-16-4-2-1-3-15(16)21/h5-8,11,14-16H,1-4,9-10,21H2,(H,23,25,27)/p+1/t14-,15+,16+/m1/s1. The molecule has 7 nitrogen and oxygen atoms in total. The van der Waals surface area contributed by atoms with E-state index in [-0.39, 0.29) is 24.4 Å². The zero-order valence-corrected chi connectivity index (χ0v) is 15.1. The van der Waals surface area contributed by atoms with Crippen LogP contribution < -0.4 is 11.1 Å². The van der Waals surface area contributed by atoms with E-state index in [4.69, 9.17) is 0 Å². The van der Waals surface area contributed by atoms with Crippen LogP contribution in [-0.4, -0.2) is 47.6 Å². The second-order valence-electron chi connectivity index (χ2n) is 7.05. The molecule has 0 unspecified atom stereocenters. The highest BCUT2D eigenvalue weighted by molar-refractivity contribution is 6.23. The van der Waals surface area contributed by atoms with Crippen molar-refractivity contribution in [1.82, 2.24) is 10.2 Å². The van der Waals surface area contributed by atoms with Crippen LogP contribution in [0.1, 0.15) is 31.2 Å². The topological polar surface area (TPSA) is 106 Å². The van der Waals surface area contributed by atoms with Gasteiger partial charge < -0.3 is 5.73 Å². The molecule has 1 aliphatic carbocycles. The molecule has 3 atom stereocenters. The number of barbiturate groups is 1. The number of urea groups is 1. The van der Waals surface area contributed by atoms with Gasteiger partial charge in [-0.3, -0.25) is 24.8 Å². The number of carbonyl (C=O) groups is 3. The molecule has 2 aliphatic rings. The van der Waals surface area contributed by atoms with Crippen molar-refractivity contribution in [3.63, 3.8) is 0 Å².